The maximum Gasteiger partial charge on any atom is 0.214 e. The topological polar surface area (TPSA) is 42.1 Å². The van der Waals surface area contributed by atoms with Gasteiger partial charge in [-0.15, -0.1) is 0 Å². The lowest BCUT2D eigenvalue weighted by molar-refractivity contribution is 0.103. The molecule has 1 aromatic carbocycles. The third-order valence-corrected chi connectivity index (χ3v) is 6.19. The van der Waals surface area contributed by atoms with Crippen LogP contribution in [0.15, 0.2) is 31.7 Å². The Morgan fingerprint density at radius 1 is 1.29 bits per heavy atom. The quantitative estimate of drug-likeness (QED) is 0.514. The minimum atomic E-state index is -0.193. The van der Waals surface area contributed by atoms with Gasteiger partial charge in [0.25, 0.3) is 0 Å². The molecule has 0 radical (unpaired) electrons. The van der Waals surface area contributed by atoms with E-state index in [2.05, 4.69) is 52.8 Å². The highest BCUT2D eigenvalue weighted by molar-refractivity contribution is 9.14. The average Bonchev–Trinajstić information content (AvgIpc) is 2.73. The number of nitrogens with one attached hydrogen (secondary N) is 1. The molecule has 0 atom stereocenters. The summed E-state index contributed by atoms with van der Waals surface area (Å²) in [5, 5.41) is 0.489. The normalized spacial score (nSPS) is 10.7. The summed E-state index contributed by atoms with van der Waals surface area (Å²) in [5.74, 6) is 0.335. The van der Waals surface area contributed by atoms with Crippen LogP contribution in [-0.4, -0.2) is 17.4 Å². The van der Waals surface area contributed by atoms with Crippen molar-refractivity contribution < 1.29 is 9.53 Å². The molecule has 2 rings (SSSR count). The number of ketones is 1. The van der Waals surface area contributed by atoms with E-state index in [0.29, 0.717) is 37.7 Å². The maximum absolute atomic E-state index is 12.7. The van der Waals surface area contributed by atoms with Gasteiger partial charge in [0, 0.05) is 5.02 Å². The number of H-pyrrole nitrogens is 1. The number of rotatable bonds is 5. The van der Waals surface area contributed by atoms with E-state index in [1.807, 2.05) is 6.92 Å². The molecular weight excluding hydrogens is 489 g/mol. The molecule has 0 saturated carbocycles. The van der Waals surface area contributed by atoms with Crippen molar-refractivity contribution in [1.29, 1.82) is 0 Å². The molecule has 1 heterocycles. The fourth-order valence-corrected chi connectivity index (χ4v) is 3.34. The van der Waals surface area contributed by atoms with Crippen LogP contribution in [0.1, 0.15) is 29.4 Å². The Labute approximate surface area is 152 Å². The Morgan fingerprint density at radius 3 is 2.57 bits per heavy atom. The number of ether oxygens (including phenoxy) is 1. The van der Waals surface area contributed by atoms with Gasteiger partial charge >= 0.3 is 0 Å². The van der Waals surface area contributed by atoms with Gasteiger partial charge in [-0.2, -0.15) is 0 Å². The zero-order valence-electron chi connectivity index (χ0n) is 11.0. The molecule has 7 heteroatoms. The monoisotopic (exact) mass is 497 g/mol. The lowest BCUT2D eigenvalue weighted by atomic mass is 10.1. The molecule has 2 aromatic rings. The van der Waals surface area contributed by atoms with Crippen molar-refractivity contribution in [2.24, 2.45) is 0 Å². The molecule has 0 amide bonds. The Bertz CT molecular complexity index is 685. The molecule has 0 unspecified atom stereocenters. The van der Waals surface area contributed by atoms with Crippen LogP contribution in [0.2, 0.25) is 5.02 Å². The Hall–Kier alpha value is -0.300. The van der Waals surface area contributed by atoms with E-state index in [1.165, 1.54) is 0 Å². The first-order valence-corrected chi connectivity index (χ1v) is 8.90. The van der Waals surface area contributed by atoms with Crippen LogP contribution in [-0.2, 0) is 0 Å². The standard InChI is InChI=1S/C14H11Br3ClNO2/c1-2-5-21-9-4-3-7(18)6-8(9)13(20)12-10(15)11(16)14(17)19-12/h3-4,6,19H,2,5H2,1H3. The largest absolute Gasteiger partial charge is 0.493 e. The van der Waals surface area contributed by atoms with Gasteiger partial charge in [0.15, 0.2) is 0 Å². The van der Waals surface area contributed by atoms with Gasteiger partial charge in [0.2, 0.25) is 5.78 Å². The van der Waals surface area contributed by atoms with Gasteiger partial charge in [-0.05, 0) is 72.4 Å². The zero-order chi connectivity index (χ0) is 15.6. The van der Waals surface area contributed by atoms with Gasteiger partial charge in [-0.3, -0.25) is 4.79 Å². The van der Waals surface area contributed by atoms with Crippen LogP contribution in [0.25, 0.3) is 0 Å². The molecule has 0 aliphatic rings. The van der Waals surface area contributed by atoms with E-state index < -0.39 is 0 Å². The summed E-state index contributed by atoms with van der Waals surface area (Å²) < 4.78 is 7.73. The van der Waals surface area contributed by atoms with E-state index in [9.17, 15) is 4.79 Å². The summed E-state index contributed by atoms with van der Waals surface area (Å²) in [6.07, 6.45) is 0.861. The van der Waals surface area contributed by atoms with Crippen LogP contribution < -0.4 is 4.74 Å². The molecule has 1 N–H and O–H groups in total. The number of benzene rings is 1. The van der Waals surface area contributed by atoms with Crippen molar-refractivity contribution in [3.05, 3.63) is 48.0 Å². The molecule has 112 valence electrons. The lowest BCUT2D eigenvalue weighted by Gasteiger charge is -2.10. The van der Waals surface area contributed by atoms with Crippen molar-refractivity contribution in [3.8, 4) is 5.75 Å². The third kappa shape index (κ3) is 3.73. The van der Waals surface area contributed by atoms with Gasteiger partial charge in [0.1, 0.15) is 11.4 Å². The number of aromatic amines is 1. The highest BCUT2D eigenvalue weighted by Gasteiger charge is 2.22. The van der Waals surface area contributed by atoms with Crippen molar-refractivity contribution in [1.82, 2.24) is 4.98 Å². The van der Waals surface area contributed by atoms with E-state index in [4.69, 9.17) is 16.3 Å². The van der Waals surface area contributed by atoms with Gasteiger partial charge in [0.05, 0.1) is 25.7 Å². The van der Waals surface area contributed by atoms with Gasteiger partial charge < -0.3 is 9.72 Å². The first-order chi connectivity index (χ1) is 9.95. The number of aromatic nitrogens is 1. The Balaban J connectivity index is 2.46. The van der Waals surface area contributed by atoms with Crippen molar-refractivity contribution in [2.45, 2.75) is 13.3 Å². The highest BCUT2D eigenvalue weighted by Crippen LogP contribution is 2.36. The van der Waals surface area contributed by atoms with Crippen LogP contribution >= 0.6 is 59.4 Å². The molecule has 1 aromatic heterocycles. The van der Waals surface area contributed by atoms with Crippen LogP contribution in [0.5, 0.6) is 5.75 Å². The second-order valence-electron chi connectivity index (χ2n) is 4.26. The minimum Gasteiger partial charge on any atom is -0.493 e. The summed E-state index contributed by atoms with van der Waals surface area (Å²) in [7, 11) is 0. The molecule has 0 spiro atoms. The SMILES string of the molecule is CCCOc1ccc(Cl)cc1C(=O)c1[nH]c(Br)c(Br)c1Br. The molecule has 0 aliphatic heterocycles. The second-order valence-corrected chi connectivity index (χ2v) is 7.08. The number of hydrogen-bond acceptors (Lipinski definition) is 2. The summed E-state index contributed by atoms with van der Waals surface area (Å²) in [4.78, 5) is 15.7. The van der Waals surface area contributed by atoms with E-state index in [-0.39, 0.29) is 5.78 Å². The fraction of sp³-hybridized carbons (Fsp3) is 0.214. The van der Waals surface area contributed by atoms with E-state index in [0.717, 1.165) is 10.9 Å². The maximum atomic E-state index is 12.7. The van der Waals surface area contributed by atoms with Crippen molar-refractivity contribution >= 4 is 65.2 Å². The summed E-state index contributed by atoms with van der Waals surface area (Å²) in [6, 6.07) is 5.04. The summed E-state index contributed by atoms with van der Waals surface area (Å²) in [5.41, 5.74) is 0.857. The fourth-order valence-electron chi connectivity index (χ4n) is 1.73. The zero-order valence-corrected chi connectivity index (χ0v) is 16.5. The first-order valence-electron chi connectivity index (χ1n) is 6.15. The van der Waals surface area contributed by atoms with E-state index >= 15 is 0 Å². The average molecular weight is 500 g/mol. The van der Waals surface area contributed by atoms with Gasteiger partial charge in [-0.25, -0.2) is 0 Å². The number of halogens is 4. The van der Waals surface area contributed by atoms with Crippen LogP contribution in [0.3, 0.4) is 0 Å². The second kappa shape index (κ2) is 7.31. The molecule has 0 bridgehead atoms. The smallest absolute Gasteiger partial charge is 0.214 e. The molecule has 0 aliphatic carbocycles. The van der Waals surface area contributed by atoms with Crippen LogP contribution in [0, 0.1) is 0 Å². The summed E-state index contributed by atoms with van der Waals surface area (Å²) in [6.45, 7) is 2.55. The van der Waals surface area contributed by atoms with Crippen LogP contribution in [0.4, 0.5) is 0 Å². The number of carbonyl (C=O) groups excluding carboxylic acids is 1. The highest BCUT2D eigenvalue weighted by atomic mass is 79.9. The minimum absolute atomic E-state index is 0.193. The van der Waals surface area contributed by atoms with E-state index in [1.54, 1.807) is 18.2 Å². The van der Waals surface area contributed by atoms with Crippen molar-refractivity contribution in [2.75, 3.05) is 6.61 Å². The lowest BCUT2D eigenvalue weighted by Crippen LogP contribution is -2.07. The predicted molar refractivity (Wildman–Crippen MR) is 94.6 cm³/mol. The third-order valence-electron chi connectivity index (χ3n) is 2.71. The summed E-state index contributed by atoms with van der Waals surface area (Å²) >= 11 is 16.1. The van der Waals surface area contributed by atoms with Gasteiger partial charge in [-0.1, -0.05) is 18.5 Å². The van der Waals surface area contributed by atoms with Crippen molar-refractivity contribution in [3.63, 3.8) is 0 Å². The molecule has 3 nitrogen and oxygen atoms in total. The Morgan fingerprint density at radius 2 is 2.00 bits per heavy atom. The molecule has 0 saturated heterocycles. The number of carbonyl (C=O) groups is 1. The molecule has 21 heavy (non-hydrogen) atoms. The first kappa shape index (κ1) is 17.1. The molecule has 0 fully saturated rings. The Kier molecular flexibility index (Phi) is 5.94. The predicted octanol–water partition coefficient (Wildman–Crippen LogP) is 5.98. The molecular formula is C14H11Br3ClNO2. The number of hydrogen-bond donors (Lipinski definition) is 1.